The van der Waals surface area contributed by atoms with Crippen LogP contribution < -0.4 is 10.6 Å². The number of nitrogens with one attached hydrogen (secondary N) is 2. The van der Waals surface area contributed by atoms with Crippen molar-refractivity contribution in [3.05, 3.63) is 58.3 Å². The molecule has 174 valence electrons. The Balaban J connectivity index is 1.36. The first-order chi connectivity index (χ1) is 15.7. The second-order valence-electron chi connectivity index (χ2n) is 8.40. The number of carbonyl (C=O) groups is 2. The highest BCUT2D eigenvalue weighted by atomic mass is 35.5. The SMILES string of the molecule is Cc1c(C(C)O)cnc2c(C(=O)NC3CCC(C(=O)Nc4ccc(F)cc4Cl)CC3)cnn12. The number of rotatable bonds is 5. The van der Waals surface area contributed by atoms with Gasteiger partial charge in [0.15, 0.2) is 5.65 Å². The molecule has 0 saturated heterocycles. The van der Waals surface area contributed by atoms with E-state index >= 15 is 0 Å². The lowest BCUT2D eigenvalue weighted by Gasteiger charge is -2.28. The van der Waals surface area contributed by atoms with Gasteiger partial charge in [-0.2, -0.15) is 5.10 Å². The lowest BCUT2D eigenvalue weighted by molar-refractivity contribution is -0.120. The highest BCUT2D eigenvalue weighted by Gasteiger charge is 2.28. The molecular formula is C23H25ClFN5O3. The fraction of sp³-hybridized carbons (Fsp3) is 0.391. The second kappa shape index (κ2) is 9.44. The Hall–Kier alpha value is -3.04. The summed E-state index contributed by atoms with van der Waals surface area (Å²) in [6.07, 6.45) is 4.87. The van der Waals surface area contributed by atoms with Gasteiger partial charge in [-0.25, -0.2) is 13.9 Å². The Morgan fingerprint density at radius 2 is 1.97 bits per heavy atom. The standard InChI is InChI=1S/C23H25ClFN5O3/c1-12-17(13(2)31)10-26-21-18(11-27-30(12)21)23(33)28-16-6-3-14(4-7-16)22(32)29-20-8-5-15(25)9-19(20)24/h5,8-11,13-14,16,31H,3-4,6-7H2,1-2H3,(H,28,33)(H,29,32). The van der Waals surface area contributed by atoms with E-state index in [4.69, 9.17) is 11.6 Å². The zero-order chi connectivity index (χ0) is 23.7. The number of halogens is 2. The Bertz CT molecular complexity index is 1200. The van der Waals surface area contributed by atoms with E-state index in [1.807, 2.05) is 6.92 Å². The molecule has 0 bridgehead atoms. The summed E-state index contributed by atoms with van der Waals surface area (Å²) in [6.45, 7) is 3.47. The van der Waals surface area contributed by atoms with Crippen molar-refractivity contribution in [3.63, 3.8) is 0 Å². The number of carbonyl (C=O) groups excluding carboxylic acids is 2. The molecule has 3 aromatic rings. The van der Waals surface area contributed by atoms with Crippen LogP contribution in [-0.4, -0.2) is 37.6 Å². The zero-order valence-electron chi connectivity index (χ0n) is 18.3. The molecule has 2 amide bonds. The monoisotopic (exact) mass is 473 g/mol. The molecule has 0 radical (unpaired) electrons. The van der Waals surface area contributed by atoms with Gasteiger partial charge in [0.1, 0.15) is 11.4 Å². The number of benzene rings is 1. The largest absolute Gasteiger partial charge is 0.389 e. The van der Waals surface area contributed by atoms with Crippen molar-refractivity contribution >= 4 is 34.7 Å². The van der Waals surface area contributed by atoms with Crippen molar-refractivity contribution < 1.29 is 19.1 Å². The van der Waals surface area contributed by atoms with Gasteiger partial charge in [-0.1, -0.05) is 11.6 Å². The first-order valence-electron chi connectivity index (χ1n) is 10.8. The van der Waals surface area contributed by atoms with Crippen LogP contribution in [0.25, 0.3) is 5.65 Å². The predicted octanol–water partition coefficient (Wildman–Crippen LogP) is 3.81. The molecule has 10 heteroatoms. The van der Waals surface area contributed by atoms with Crippen LogP contribution in [0.15, 0.2) is 30.6 Å². The highest BCUT2D eigenvalue weighted by molar-refractivity contribution is 6.33. The molecule has 2 heterocycles. The fourth-order valence-electron chi connectivity index (χ4n) is 4.22. The Morgan fingerprint density at radius 1 is 1.24 bits per heavy atom. The number of hydrogen-bond acceptors (Lipinski definition) is 5. The third kappa shape index (κ3) is 4.84. The van der Waals surface area contributed by atoms with E-state index in [1.165, 1.54) is 18.3 Å². The predicted molar refractivity (Wildman–Crippen MR) is 122 cm³/mol. The first kappa shape index (κ1) is 23.1. The van der Waals surface area contributed by atoms with Crippen molar-refractivity contribution in [1.82, 2.24) is 19.9 Å². The quantitative estimate of drug-likeness (QED) is 0.522. The minimum absolute atomic E-state index is 0.0660. The van der Waals surface area contributed by atoms with Crippen LogP contribution in [0.1, 0.15) is 60.3 Å². The first-order valence-corrected chi connectivity index (χ1v) is 11.2. The molecule has 1 unspecified atom stereocenters. The van der Waals surface area contributed by atoms with E-state index in [9.17, 15) is 19.1 Å². The summed E-state index contributed by atoms with van der Waals surface area (Å²) in [6, 6.07) is 3.78. The molecule has 8 nitrogen and oxygen atoms in total. The van der Waals surface area contributed by atoms with Gasteiger partial charge in [0.2, 0.25) is 5.91 Å². The average molecular weight is 474 g/mol. The minimum Gasteiger partial charge on any atom is -0.389 e. The zero-order valence-corrected chi connectivity index (χ0v) is 19.1. The van der Waals surface area contributed by atoms with E-state index in [2.05, 4.69) is 20.7 Å². The summed E-state index contributed by atoms with van der Waals surface area (Å²) >= 11 is 5.99. The lowest BCUT2D eigenvalue weighted by atomic mass is 9.85. The molecule has 0 spiro atoms. The lowest BCUT2D eigenvalue weighted by Crippen LogP contribution is -2.39. The molecule has 2 aromatic heterocycles. The molecule has 1 fully saturated rings. The number of aromatic nitrogens is 3. The van der Waals surface area contributed by atoms with Crippen molar-refractivity contribution in [3.8, 4) is 0 Å². The molecule has 1 aliphatic rings. The molecule has 33 heavy (non-hydrogen) atoms. The van der Waals surface area contributed by atoms with E-state index in [0.717, 1.165) is 11.8 Å². The van der Waals surface area contributed by atoms with Crippen LogP contribution in [0.4, 0.5) is 10.1 Å². The van der Waals surface area contributed by atoms with Gasteiger partial charge in [0, 0.05) is 29.4 Å². The van der Waals surface area contributed by atoms with Crippen LogP contribution in [0.2, 0.25) is 5.02 Å². The minimum atomic E-state index is -0.685. The fourth-order valence-corrected chi connectivity index (χ4v) is 4.43. The summed E-state index contributed by atoms with van der Waals surface area (Å²) in [4.78, 5) is 29.8. The van der Waals surface area contributed by atoms with Crippen LogP contribution in [-0.2, 0) is 4.79 Å². The number of nitrogens with zero attached hydrogens (tertiary/aromatic N) is 3. The van der Waals surface area contributed by atoms with E-state index in [1.54, 1.807) is 17.6 Å². The van der Waals surface area contributed by atoms with Crippen LogP contribution in [0, 0.1) is 18.7 Å². The van der Waals surface area contributed by atoms with Crippen molar-refractivity contribution in [2.24, 2.45) is 5.92 Å². The normalized spacial score (nSPS) is 19.3. The molecule has 4 rings (SSSR count). The number of hydrogen-bond donors (Lipinski definition) is 3. The maximum atomic E-state index is 13.2. The maximum Gasteiger partial charge on any atom is 0.256 e. The Labute approximate surface area is 195 Å². The summed E-state index contributed by atoms with van der Waals surface area (Å²) in [5.74, 6) is -1.11. The summed E-state index contributed by atoms with van der Waals surface area (Å²) in [7, 11) is 0. The summed E-state index contributed by atoms with van der Waals surface area (Å²) < 4.78 is 14.7. The van der Waals surface area contributed by atoms with Gasteiger partial charge in [0.05, 0.1) is 23.0 Å². The highest BCUT2D eigenvalue weighted by Crippen LogP contribution is 2.28. The second-order valence-corrected chi connectivity index (χ2v) is 8.81. The Kier molecular flexibility index (Phi) is 6.62. The van der Waals surface area contributed by atoms with E-state index in [-0.39, 0.29) is 28.8 Å². The van der Waals surface area contributed by atoms with E-state index < -0.39 is 11.9 Å². The van der Waals surface area contributed by atoms with Crippen LogP contribution in [0.3, 0.4) is 0 Å². The summed E-state index contributed by atoms with van der Waals surface area (Å²) in [5, 5.41) is 20.0. The van der Waals surface area contributed by atoms with Crippen molar-refractivity contribution in [2.75, 3.05) is 5.32 Å². The number of aryl methyl sites for hydroxylation is 1. The molecule has 1 atom stereocenters. The summed E-state index contributed by atoms with van der Waals surface area (Å²) in [5.41, 5.74) is 2.55. The van der Waals surface area contributed by atoms with Crippen LogP contribution in [0.5, 0.6) is 0 Å². The molecule has 0 aliphatic heterocycles. The van der Waals surface area contributed by atoms with Gasteiger partial charge in [0.25, 0.3) is 5.91 Å². The van der Waals surface area contributed by atoms with Crippen molar-refractivity contribution in [1.29, 1.82) is 0 Å². The molecule has 3 N–H and O–H groups in total. The number of amides is 2. The molecular weight excluding hydrogens is 449 g/mol. The van der Waals surface area contributed by atoms with Gasteiger partial charge < -0.3 is 15.7 Å². The number of fused-ring (bicyclic) bond motifs is 1. The molecule has 1 saturated carbocycles. The molecule has 1 aliphatic carbocycles. The maximum absolute atomic E-state index is 13.2. The number of aliphatic hydroxyl groups excluding tert-OH is 1. The van der Waals surface area contributed by atoms with Crippen LogP contribution >= 0.6 is 11.6 Å². The third-order valence-corrected chi connectivity index (χ3v) is 6.43. The van der Waals surface area contributed by atoms with Gasteiger partial charge in [-0.15, -0.1) is 0 Å². The molecule has 1 aromatic carbocycles. The van der Waals surface area contributed by atoms with Gasteiger partial charge >= 0.3 is 0 Å². The van der Waals surface area contributed by atoms with Crippen molar-refractivity contribution in [2.45, 2.75) is 51.7 Å². The topological polar surface area (TPSA) is 109 Å². The van der Waals surface area contributed by atoms with E-state index in [0.29, 0.717) is 48.1 Å². The smallest absolute Gasteiger partial charge is 0.256 e. The average Bonchev–Trinajstić information content (AvgIpc) is 3.21. The van der Waals surface area contributed by atoms with Gasteiger partial charge in [-0.05, 0) is 57.7 Å². The number of anilines is 1. The van der Waals surface area contributed by atoms with Gasteiger partial charge in [-0.3, -0.25) is 9.59 Å². The third-order valence-electron chi connectivity index (χ3n) is 6.12. The Morgan fingerprint density at radius 3 is 2.64 bits per heavy atom. The number of aliphatic hydroxyl groups is 1.